The maximum Gasteiger partial charge on any atom is 0.272 e. The van der Waals surface area contributed by atoms with Crippen LogP contribution in [0.1, 0.15) is 0 Å². The lowest BCUT2D eigenvalue weighted by Gasteiger charge is -2.21. The van der Waals surface area contributed by atoms with Gasteiger partial charge in [-0.05, 0) is 14.1 Å². The molecule has 0 aliphatic carbocycles. The van der Waals surface area contributed by atoms with E-state index in [4.69, 9.17) is 4.55 Å². The second kappa shape index (κ2) is 10.2. The van der Waals surface area contributed by atoms with Crippen LogP contribution in [0.2, 0.25) is 0 Å². The highest BCUT2D eigenvalue weighted by Crippen LogP contribution is 2.24. The second-order valence-electron chi connectivity index (χ2n) is 3.88. The molecule has 0 bridgehead atoms. The molecule has 0 saturated carbocycles. The highest BCUT2D eigenvalue weighted by Gasteiger charge is 2.44. The molecular formula is C9H16F7NO3S. The summed E-state index contributed by atoms with van der Waals surface area (Å²) in [5.41, 5.74) is 0. The standard InChI is InChI=1S/C7H9F7O3S.C2H7N/c8-2(1-18(15,16)17)3(9)4(10)5(11)6(12)7(13)14;1-3-2/h2-7H,1H2,(H,15,16,17);3H,1-2H3. The number of halogens is 7. The van der Waals surface area contributed by atoms with Crippen LogP contribution >= 0.6 is 0 Å². The van der Waals surface area contributed by atoms with Crippen molar-refractivity contribution in [2.75, 3.05) is 19.8 Å². The number of hydrogen-bond acceptors (Lipinski definition) is 3. The number of rotatable bonds is 7. The predicted molar refractivity (Wildman–Crippen MR) is 61.9 cm³/mol. The van der Waals surface area contributed by atoms with E-state index in [1.807, 2.05) is 14.1 Å². The van der Waals surface area contributed by atoms with Gasteiger partial charge in [-0.2, -0.15) is 8.42 Å². The quantitative estimate of drug-likeness (QED) is 0.541. The van der Waals surface area contributed by atoms with E-state index in [1.54, 1.807) is 0 Å². The fourth-order valence-corrected chi connectivity index (χ4v) is 1.57. The molecule has 21 heavy (non-hydrogen) atoms. The molecule has 0 aromatic rings. The van der Waals surface area contributed by atoms with Gasteiger partial charge in [-0.1, -0.05) is 0 Å². The van der Waals surface area contributed by atoms with Crippen LogP contribution in [-0.2, 0) is 10.1 Å². The summed E-state index contributed by atoms with van der Waals surface area (Å²) in [6.07, 6.45) is -21.6. The van der Waals surface area contributed by atoms with Crippen molar-refractivity contribution < 1.29 is 43.7 Å². The monoisotopic (exact) mass is 351 g/mol. The minimum atomic E-state index is -5.01. The molecule has 0 aliphatic heterocycles. The molecule has 0 rings (SSSR count). The first-order chi connectivity index (χ1) is 9.38. The molecule has 0 aromatic heterocycles. The third-order valence-electron chi connectivity index (χ3n) is 1.87. The molecule has 130 valence electrons. The van der Waals surface area contributed by atoms with Crippen LogP contribution in [0.25, 0.3) is 0 Å². The smallest absolute Gasteiger partial charge is 0.272 e. The fourth-order valence-electron chi connectivity index (χ4n) is 0.983. The molecule has 0 saturated heterocycles. The Hall–Kier alpha value is -0.620. The van der Waals surface area contributed by atoms with E-state index in [2.05, 4.69) is 5.32 Å². The van der Waals surface area contributed by atoms with Gasteiger partial charge in [-0.25, -0.2) is 30.7 Å². The first-order valence-electron chi connectivity index (χ1n) is 5.41. The van der Waals surface area contributed by atoms with Gasteiger partial charge in [-0.3, -0.25) is 4.55 Å². The molecule has 2 N–H and O–H groups in total. The highest BCUT2D eigenvalue weighted by molar-refractivity contribution is 7.85. The van der Waals surface area contributed by atoms with Crippen LogP contribution < -0.4 is 5.32 Å². The van der Waals surface area contributed by atoms with Crippen molar-refractivity contribution in [3.8, 4) is 0 Å². The van der Waals surface area contributed by atoms with Gasteiger partial charge >= 0.3 is 0 Å². The lowest BCUT2D eigenvalue weighted by atomic mass is 10.1. The van der Waals surface area contributed by atoms with E-state index < -0.39 is 53.2 Å². The predicted octanol–water partition coefficient (Wildman–Crippen LogP) is 1.67. The summed E-state index contributed by atoms with van der Waals surface area (Å²) < 4.78 is 115. The molecule has 0 aromatic carbocycles. The van der Waals surface area contributed by atoms with Gasteiger partial charge in [0.2, 0.25) is 0 Å². The summed E-state index contributed by atoms with van der Waals surface area (Å²) in [5, 5.41) is 2.75. The second-order valence-corrected chi connectivity index (χ2v) is 5.37. The zero-order valence-corrected chi connectivity index (χ0v) is 11.8. The summed E-state index contributed by atoms with van der Waals surface area (Å²) in [4.78, 5) is 0. The minimum Gasteiger partial charge on any atom is -0.323 e. The van der Waals surface area contributed by atoms with Crippen LogP contribution in [0.4, 0.5) is 30.7 Å². The van der Waals surface area contributed by atoms with Gasteiger partial charge in [0.25, 0.3) is 16.5 Å². The molecule has 5 atom stereocenters. The van der Waals surface area contributed by atoms with Gasteiger partial charge in [-0.15, -0.1) is 0 Å². The van der Waals surface area contributed by atoms with Crippen molar-refractivity contribution >= 4 is 10.1 Å². The molecule has 0 spiro atoms. The van der Waals surface area contributed by atoms with Crippen molar-refractivity contribution in [3.63, 3.8) is 0 Å². The molecule has 4 nitrogen and oxygen atoms in total. The van der Waals surface area contributed by atoms with Crippen molar-refractivity contribution in [2.45, 2.75) is 37.3 Å². The summed E-state index contributed by atoms with van der Waals surface area (Å²) in [7, 11) is -1.26. The lowest BCUT2D eigenvalue weighted by Crippen LogP contribution is -2.43. The topological polar surface area (TPSA) is 66.4 Å². The molecule has 0 radical (unpaired) electrons. The number of nitrogens with one attached hydrogen (secondary N) is 1. The number of alkyl halides is 7. The summed E-state index contributed by atoms with van der Waals surface area (Å²) in [6.45, 7) is 0. The van der Waals surface area contributed by atoms with E-state index in [0.29, 0.717) is 0 Å². The maximum absolute atomic E-state index is 12.8. The van der Waals surface area contributed by atoms with Crippen molar-refractivity contribution in [2.24, 2.45) is 0 Å². The van der Waals surface area contributed by atoms with Gasteiger partial charge in [0.05, 0.1) is 0 Å². The SMILES string of the molecule is CNC.O=S(=O)(O)CC(F)C(F)C(F)C(F)C(F)C(F)F. The number of hydrogen-bond donors (Lipinski definition) is 2. The van der Waals surface area contributed by atoms with E-state index in [9.17, 15) is 39.2 Å². The van der Waals surface area contributed by atoms with Crippen molar-refractivity contribution in [3.05, 3.63) is 0 Å². The zero-order chi connectivity index (χ0) is 17.4. The summed E-state index contributed by atoms with van der Waals surface area (Å²) >= 11 is 0. The van der Waals surface area contributed by atoms with Gasteiger partial charge in [0.15, 0.2) is 30.9 Å². The minimum absolute atomic E-state index is 1.88. The molecule has 5 unspecified atom stereocenters. The zero-order valence-electron chi connectivity index (χ0n) is 11.0. The van der Waals surface area contributed by atoms with E-state index >= 15 is 0 Å². The van der Waals surface area contributed by atoms with Gasteiger partial charge < -0.3 is 5.32 Å². The van der Waals surface area contributed by atoms with Crippen LogP contribution in [0.15, 0.2) is 0 Å². The average Bonchev–Trinajstić information content (AvgIpc) is 2.33. The molecule has 0 heterocycles. The molecule has 0 aliphatic rings. The lowest BCUT2D eigenvalue weighted by molar-refractivity contribution is -0.0492. The highest BCUT2D eigenvalue weighted by atomic mass is 32.2. The molecule has 12 heteroatoms. The average molecular weight is 351 g/mol. The van der Waals surface area contributed by atoms with Gasteiger partial charge in [0, 0.05) is 0 Å². The summed E-state index contributed by atoms with van der Waals surface area (Å²) in [5.74, 6) is -1.90. The normalized spacial score (nSPS) is 19.2. The first kappa shape index (κ1) is 22.7. The Morgan fingerprint density at radius 2 is 1.19 bits per heavy atom. The first-order valence-corrected chi connectivity index (χ1v) is 7.02. The third kappa shape index (κ3) is 9.85. The van der Waals surface area contributed by atoms with E-state index in [-0.39, 0.29) is 0 Å². The third-order valence-corrected chi connectivity index (χ3v) is 2.61. The Bertz CT molecular complexity index is 370. The Morgan fingerprint density at radius 3 is 1.48 bits per heavy atom. The molecule has 0 fully saturated rings. The van der Waals surface area contributed by atoms with Crippen LogP contribution in [0, 0.1) is 0 Å². The summed E-state index contributed by atoms with van der Waals surface area (Å²) in [6, 6.07) is 0. The molecular weight excluding hydrogens is 335 g/mol. The Balaban J connectivity index is 0. The largest absolute Gasteiger partial charge is 0.323 e. The van der Waals surface area contributed by atoms with Crippen LogP contribution in [0.3, 0.4) is 0 Å². The van der Waals surface area contributed by atoms with Gasteiger partial charge in [0.1, 0.15) is 5.75 Å². The Kier molecular flexibility index (Phi) is 11.0. The van der Waals surface area contributed by atoms with Crippen LogP contribution in [-0.4, -0.2) is 70.1 Å². The van der Waals surface area contributed by atoms with E-state index in [1.165, 1.54) is 0 Å². The Morgan fingerprint density at radius 1 is 0.857 bits per heavy atom. The van der Waals surface area contributed by atoms with Crippen molar-refractivity contribution in [1.29, 1.82) is 0 Å². The van der Waals surface area contributed by atoms with Crippen molar-refractivity contribution in [1.82, 2.24) is 5.32 Å². The Labute approximate surface area is 117 Å². The fraction of sp³-hybridized carbons (Fsp3) is 1.00. The van der Waals surface area contributed by atoms with Crippen LogP contribution in [0.5, 0.6) is 0 Å². The molecule has 0 amide bonds. The maximum atomic E-state index is 12.8. The van der Waals surface area contributed by atoms with E-state index in [0.717, 1.165) is 0 Å².